The number of rotatable bonds is 5. The van der Waals surface area contributed by atoms with Crippen molar-refractivity contribution in [3.63, 3.8) is 0 Å². The monoisotopic (exact) mass is 412 g/mol. The minimum absolute atomic E-state index is 0.00775. The zero-order valence-corrected chi connectivity index (χ0v) is 16.6. The number of hydrogen-bond donors (Lipinski definition) is 1. The van der Waals surface area contributed by atoms with Crippen LogP contribution in [0, 0.1) is 12.8 Å². The van der Waals surface area contributed by atoms with E-state index >= 15 is 0 Å². The van der Waals surface area contributed by atoms with Gasteiger partial charge < -0.3 is 15.0 Å². The zero-order valence-electron chi connectivity index (χ0n) is 15.1. The number of ether oxygens (including phenoxy) is 1. The van der Waals surface area contributed by atoms with Crippen LogP contribution in [-0.4, -0.2) is 41.9 Å². The van der Waals surface area contributed by atoms with Crippen LogP contribution >= 0.6 is 23.2 Å². The van der Waals surface area contributed by atoms with Crippen molar-refractivity contribution in [1.82, 2.24) is 4.90 Å². The first-order valence-electron chi connectivity index (χ1n) is 9.07. The highest BCUT2D eigenvalue weighted by molar-refractivity contribution is 6.40. The first-order valence-corrected chi connectivity index (χ1v) is 9.83. The molecule has 0 spiro atoms. The molecule has 0 unspecified atom stereocenters. The molecule has 2 amide bonds. The molecule has 2 fully saturated rings. The maximum atomic E-state index is 12.3. The summed E-state index contributed by atoms with van der Waals surface area (Å²) in [4.78, 5) is 38.3. The number of esters is 1. The molecule has 0 bridgehead atoms. The van der Waals surface area contributed by atoms with Crippen LogP contribution in [0.3, 0.4) is 0 Å². The molecule has 146 valence electrons. The number of amides is 2. The Bertz CT molecular complexity index is 762. The number of nitrogens with one attached hydrogen (secondary N) is 1. The number of halogens is 2. The quantitative estimate of drug-likeness (QED) is 0.749. The van der Waals surface area contributed by atoms with Crippen LogP contribution in [0.4, 0.5) is 5.69 Å². The third kappa shape index (κ3) is 4.55. The minimum atomic E-state index is -0.533. The van der Waals surface area contributed by atoms with Crippen LogP contribution < -0.4 is 5.32 Å². The number of aryl methyl sites for hydroxylation is 1. The summed E-state index contributed by atoms with van der Waals surface area (Å²) in [7, 11) is 0. The van der Waals surface area contributed by atoms with Gasteiger partial charge in [-0.3, -0.25) is 14.4 Å². The first kappa shape index (κ1) is 20.0. The molecule has 1 aromatic carbocycles. The Morgan fingerprint density at radius 3 is 2.67 bits per heavy atom. The average Bonchev–Trinajstić information content (AvgIpc) is 3.29. The lowest BCUT2D eigenvalue weighted by molar-refractivity contribution is -0.151. The second kappa shape index (κ2) is 8.48. The fourth-order valence-electron chi connectivity index (χ4n) is 3.66. The molecule has 0 radical (unpaired) electrons. The summed E-state index contributed by atoms with van der Waals surface area (Å²) in [5, 5.41) is 3.22. The Morgan fingerprint density at radius 1 is 1.26 bits per heavy atom. The number of carbonyl (C=O) groups excluding carboxylic acids is 3. The molecule has 1 saturated carbocycles. The largest absolute Gasteiger partial charge is 0.455 e. The smallest absolute Gasteiger partial charge is 0.311 e. The lowest BCUT2D eigenvalue weighted by atomic mass is 10.1. The molecule has 3 rings (SSSR count). The molecule has 1 aliphatic carbocycles. The van der Waals surface area contributed by atoms with Crippen LogP contribution in [-0.2, 0) is 19.1 Å². The molecule has 1 saturated heterocycles. The van der Waals surface area contributed by atoms with Crippen molar-refractivity contribution < 1.29 is 19.1 Å². The highest BCUT2D eigenvalue weighted by atomic mass is 35.5. The van der Waals surface area contributed by atoms with Gasteiger partial charge in [0, 0.05) is 19.0 Å². The van der Waals surface area contributed by atoms with E-state index in [9.17, 15) is 14.4 Å². The second-order valence-corrected chi connectivity index (χ2v) is 7.88. The molecule has 1 heterocycles. The predicted molar refractivity (Wildman–Crippen MR) is 103 cm³/mol. The summed E-state index contributed by atoms with van der Waals surface area (Å²) in [6.07, 6.45) is 4.37. The molecule has 1 aromatic rings. The van der Waals surface area contributed by atoms with Gasteiger partial charge >= 0.3 is 5.97 Å². The van der Waals surface area contributed by atoms with Gasteiger partial charge in [0.1, 0.15) is 0 Å². The second-order valence-electron chi connectivity index (χ2n) is 7.09. The van der Waals surface area contributed by atoms with Crippen molar-refractivity contribution in [3.8, 4) is 0 Å². The highest BCUT2D eigenvalue weighted by Crippen LogP contribution is 2.33. The van der Waals surface area contributed by atoms with Gasteiger partial charge in [-0.2, -0.15) is 0 Å². The lowest BCUT2D eigenvalue weighted by Crippen LogP contribution is -2.35. The van der Waals surface area contributed by atoms with E-state index in [0.717, 1.165) is 31.2 Å². The van der Waals surface area contributed by atoms with Crippen molar-refractivity contribution in [3.05, 3.63) is 27.7 Å². The molecule has 6 nitrogen and oxygen atoms in total. The molecule has 1 aliphatic heterocycles. The molecule has 27 heavy (non-hydrogen) atoms. The van der Waals surface area contributed by atoms with Crippen molar-refractivity contribution in [2.45, 2.75) is 45.1 Å². The SMILES string of the molecule is Cc1ccc(Cl)c(NC(=O)COC(=O)[C@@H]2CC(=O)N(C3CCCC3)C2)c1Cl. The van der Waals surface area contributed by atoms with Crippen molar-refractivity contribution in [2.75, 3.05) is 18.5 Å². The van der Waals surface area contributed by atoms with Gasteiger partial charge in [-0.15, -0.1) is 0 Å². The van der Waals surface area contributed by atoms with Crippen LogP contribution in [0.2, 0.25) is 10.0 Å². The fourth-order valence-corrected chi connectivity index (χ4v) is 4.12. The fraction of sp³-hybridized carbons (Fsp3) is 0.526. The number of likely N-dealkylation sites (tertiary alicyclic amines) is 1. The van der Waals surface area contributed by atoms with Gasteiger partial charge in [-0.25, -0.2) is 0 Å². The van der Waals surface area contributed by atoms with Crippen LogP contribution in [0.25, 0.3) is 0 Å². The maximum Gasteiger partial charge on any atom is 0.311 e. The molecule has 1 N–H and O–H groups in total. The summed E-state index contributed by atoms with van der Waals surface area (Å²) in [5.41, 5.74) is 1.06. The van der Waals surface area contributed by atoms with E-state index in [2.05, 4.69) is 5.32 Å². The number of nitrogens with zero attached hydrogens (tertiary/aromatic N) is 1. The Balaban J connectivity index is 1.51. The van der Waals surface area contributed by atoms with E-state index in [1.165, 1.54) is 0 Å². The first-order chi connectivity index (χ1) is 12.9. The Morgan fingerprint density at radius 2 is 1.96 bits per heavy atom. The number of benzene rings is 1. The van der Waals surface area contributed by atoms with Crippen LogP contribution in [0.5, 0.6) is 0 Å². The summed E-state index contributed by atoms with van der Waals surface area (Å²) in [6, 6.07) is 3.61. The van der Waals surface area contributed by atoms with Gasteiger partial charge in [0.05, 0.1) is 21.7 Å². The standard InChI is InChI=1S/C19H22Cl2N2O4/c1-11-6-7-14(20)18(17(11)21)22-15(24)10-27-19(26)12-8-16(25)23(9-12)13-4-2-3-5-13/h6-7,12-13H,2-5,8-10H2,1H3,(H,22,24)/t12-/m1/s1. The third-order valence-electron chi connectivity index (χ3n) is 5.15. The van der Waals surface area contributed by atoms with Gasteiger partial charge in [0.2, 0.25) is 5.91 Å². The van der Waals surface area contributed by atoms with Gasteiger partial charge in [-0.1, -0.05) is 42.1 Å². The Kier molecular flexibility index (Phi) is 6.27. The normalized spacial score (nSPS) is 20.2. The van der Waals surface area contributed by atoms with E-state index in [0.29, 0.717) is 22.3 Å². The summed E-state index contributed by atoms with van der Waals surface area (Å²) in [6.45, 7) is 1.72. The maximum absolute atomic E-state index is 12.3. The molecular weight excluding hydrogens is 391 g/mol. The molecule has 1 atom stereocenters. The van der Waals surface area contributed by atoms with E-state index in [4.69, 9.17) is 27.9 Å². The Labute approximate surface area is 168 Å². The zero-order chi connectivity index (χ0) is 19.6. The van der Waals surface area contributed by atoms with Gasteiger partial charge in [0.15, 0.2) is 6.61 Å². The number of hydrogen-bond acceptors (Lipinski definition) is 4. The van der Waals surface area contributed by atoms with E-state index < -0.39 is 24.4 Å². The lowest BCUT2D eigenvalue weighted by Gasteiger charge is -2.23. The topological polar surface area (TPSA) is 75.7 Å². The third-order valence-corrected chi connectivity index (χ3v) is 5.95. The van der Waals surface area contributed by atoms with Crippen molar-refractivity contribution >= 4 is 46.7 Å². The van der Waals surface area contributed by atoms with Crippen LogP contribution in [0.15, 0.2) is 12.1 Å². The minimum Gasteiger partial charge on any atom is -0.455 e. The van der Waals surface area contributed by atoms with Crippen molar-refractivity contribution in [2.24, 2.45) is 5.92 Å². The van der Waals surface area contributed by atoms with Crippen LogP contribution in [0.1, 0.15) is 37.7 Å². The molecular formula is C19H22Cl2N2O4. The summed E-state index contributed by atoms with van der Waals surface area (Å²) < 4.78 is 5.11. The van der Waals surface area contributed by atoms with E-state index in [1.807, 2.05) is 0 Å². The summed E-state index contributed by atoms with van der Waals surface area (Å²) in [5.74, 6) is -1.58. The predicted octanol–water partition coefficient (Wildman–Crippen LogP) is 3.57. The number of carbonyl (C=O) groups is 3. The summed E-state index contributed by atoms with van der Waals surface area (Å²) >= 11 is 12.2. The highest BCUT2D eigenvalue weighted by Gasteiger charge is 2.39. The van der Waals surface area contributed by atoms with E-state index in [1.54, 1.807) is 24.0 Å². The Hall–Kier alpha value is -1.79. The molecule has 8 heteroatoms. The number of anilines is 1. The average molecular weight is 413 g/mol. The van der Waals surface area contributed by atoms with Gasteiger partial charge in [0.25, 0.3) is 5.91 Å². The van der Waals surface area contributed by atoms with Crippen molar-refractivity contribution in [1.29, 1.82) is 0 Å². The van der Waals surface area contributed by atoms with Gasteiger partial charge in [-0.05, 0) is 31.4 Å². The molecule has 0 aromatic heterocycles. The van der Waals surface area contributed by atoms with E-state index in [-0.39, 0.29) is 18.4 Å². The molecule has 2 aliphatic rings.